The first kappa shape index (κ1) is 10.1. The number of allylic oxidation sites excluding steroid dienone is 4. The van der Waals surface area contributed by atoms with Crippen molar-refractivity contribution >= 4 is 0 Å². The van der Waals surface area contributed by atoms with Crippen molar-refractivity contribution in [2.24, 2.45) is 5.73 Å². The van der Waals surface area contributed by atoms with E-state index in [2.05, 4.69) is 6.58 Å². The average Bonchev–Trinajstić information content (AvgIpc) is 2.01. The first-order chi connectivity index (χ1) is 5.35. The fourth-order valence-electron chi connectivity index (χ4n) is 0.711. The predicted molar refractivity (Wildman–Crippen MR) is 47.1 cm³/mol. The van der Waals surface area contributed by atoms with Crippen molar-refractivity contribution in [3.63, 3.8) is 0 Å². The zero-order chi connectivity index (χ0) is 8.53. The Balaban J connectivity index is 3.98. The van der Waals surface area contributed by atoms with Crippen molar-refractivity contribution in [1.29, 1.82) is 0 Å². The Labute approximate surface area is 67.1 Å². The number of halogens is 1. The van der Waals surface area contributed by atoms with Crippen LogP contribution in [0.2, 0.25) is 0 Å². The lowest BCUT2D eigenvalue weighted by Gasteiger charge is -1.96. The maximum atomic E-state index is 11.8. The van der Waals surface area contributed by atoms with Crippen LogP contribution in [0.25, 0.3) is 0 Å². The molecule has 0 atom stereocenters. The summed E-state index contributed by atoms with van der Waals surface area (Å²) in [6.45, 7) is 3.63. The van der Waals surface area contributed by atoms with E-state index in [-0.39, 0.29) is 0 Å². The van der Waals surface area contributed by atoms with E-state index in [1.165, 1.54) is 6.08 Å². The van der Waals surface area contributed by atoms with Gasteiger partial charge in [-0.3, -0.25) is 0 Å². The molecule has 0 fully saturated rings. The zero-order valence-electron chi connectivity index (χ0n) is 6.59. The summed E-state index contributed by atoms with van der Waals surface area (Å²) in [4.78, 5) is 0. The second-order valence-corrected chi connectivity index (χ2v) is 2.07. The van der Waals surface area contributed by atoms with Gasteiger partial charge in [-0.15, -0.1) is 0 Å². The molecule has 2 N–H and O–H groups in total. The molecule has 0 saturated heterocycles. The lowest BCUT2D eigenvalue weighted by molar-refractivity contribution is 0.559. The minimum atomic E-state index is -0.434. The van der Waals surface area contributed by atoms with Gasteiger partial charge in [-0.1, -0.05) is 30.9 Å². The summed E-state index contributed by atoms with van der Waals surface area (Å²) in [6.07, 6.45) is 7.49. The van der Waals surface area contributed by atoms with E-state index in [0.29, 0.717) is 13.0 Å². The molecule has 0 amide bonds. The van der Waals surface area contributed by atoms with Crippen LogP contribution in [-0.2, 0) is 0 Å². The van der Waals surface area contributed by atoms with E-state index in [4.69, 9.17) is 5.73 Å². The van der Waals surface area contributed by atoms with Crippen LogP contribution < -0.4 is 5.73 Å². The zero-order valence-corrected chi connectivity index (χ0v) is 6.59. The van der Waals surface area contributed by atoms with Gasteiger partial charge in [0.05, 0.1) is 0 Å². The van der Waals surface area contributed by atoms with Crippen molar-refractivity contribution in [2.75, 3.05) is 13.2 Å². The summed E-state index contributed by atoms with van der Waals surface area (Å²) in [5.41, 5.74) is 6.23. The molecule has 0 aliphatic carbocycles. The number of hydrogen-bond acceptors (Lipinski definition) is 1. The van der Waals surface area contributed by atoms with Gasteiger partial charge < -0.3 is 5.73 Å². The molecule has 0 spiro atoms. The molecule has 2 heteroatoms. The van der Waals surface area contributed by atoms with Gasteiger partial charge in [0, 0.05) is 0 Å². The normalized spacial score (nSPS) is 12.4. The lowest BCUT2D eigenvalue weighted by Crippen LogP contribution is -1.99. The van der Waals surface area contributed by atoms with Crippen molar-refractivity contribution in [3.05, 3.63) is 36.5 Å². The van der Waals surface area contributed by atoms with Gasteiger partial charge in [0.15, 0.2) is 0 Å². The second kappa shape index (κ2) is 7.22. The number of rotatable bonds is 5. The summed E-state index contributed by atoms with van der Waals surface area (Å²) < 4.78 is 11.8. The van der Waals surface area contributed by atoms with Gasteiger partial charge in [-0.2, -0.15) is 0 Å². The summed E-state index contributed by atoms with van der Waals surface area (Å²) in [7, 11) is 0. The molecule has 0 aromatic carbocycles. The Morgan fingerprint density at radius 1 is 1.55 bits per heavy atom. The van der Waals surface area contributed by atoms with Crippen LogP contribution in [0, 0.1) is 0 Å². The molecular formula is C9H14FN. The third kappa shape index (κ3) is 5.55. The minimum absolute atomic E-state index is 0.434. The molecule has 1 nitrogen and oxygen atoms in total. The highest BCUT2D eigenvalue weighted by Crippen LogP contribution is 2.01. The predicted octanol–water partition coefficient (Wildman–Crippen LogP) is 1.97. The highest BCUT2D eigenvalue weighted by Gasteiger charge is 1.88. The molecule has 62 valence electrons. The van der Waals surface area contributed by atoms with E-state index in [1.807, 2.05) is 6.08 Å². The standard InChI is InChI=1S/C9H14FN/c1-2-3-4-9(5-7-10)6-8-11/h2-5H,1,6-8,11H2/b4-3-,9-5+. The van der Waals surface area contributed by atoms with Crippen LogP contribution in [0.1, 0.15) is 6.42 Å². The Kier molecular flexibility index (Phi) is 6.64. The summed E-state index contributed by atoms with van der Waals surface area (Å²) in [5, 5.41) is 0. The average molecular weight is 155 g/mol. The molecule has 0 radical (unpaired) electrons. The van der Waals surface area contributed by atoms with Crippen molar-refractivity contribution in [1.82, 2.24) is 0 Å². The Bertz CT molecular complexity index is 159. The van der Waals surface area contributed by atoms with E-state index < -0.39 is 6.67 Å². The van der Waals surface area contributed by atoms with Crippen LogP contribution in [0.15, 0.2) is 36.5 Å². The highest BCUT2D eigenvalue weighted by molar-refractivity contribution is 5.21. The molecule has 0 aliphatic heterocycles. The fourth-order valence-corrected chi connectivity index (χ4v) is 0.711. The quantitative estimate of drug-likeness (QED) is 0.603. The molecule has 0 aliphatic rings. The molecule has 0 saturated carbocycles. The highest BCUT2D eigenvalue weighted by atomic mass is 19.1. The molecule has 0 bridgehead atoms. The van der Waals surface area contributed by atoms with Crippen LogP contribution in [-0.4, -0.2) is 13.2 Å². The van der Waals surface area contributed by atoms with Crippen molar-refractivity contribution in [2.45, 2.75) is 6.42 Å². The maximum Gasteiger partial charge on any atom is 0.108 e. The smallest absolute Gasteiger partial charge is 0.108 e. The SMILES string of the molecule is C=C/C=C\C(=C/CF)CCN. The molecule has 0 rings (SSSR count). The van der Waals surface area contributed by atoms with E-state index in [0.717, 1.165) is 5.57 Å². The van der Waals surface area contributed by atoms with Gasteiger partial charge >= 0.3 is 0 Å². The van der Waals surface area contributed by atoms with Gasteiger partial charge in [0.1, 0.15) is 6.67 Å². The monoisotopic (exact) mass is 155 g/mol. The Morgan fingerprint density at radius 3 is 2.73 bits per heavy atom. The molecule has 0 aromatic heterocycles. The first-order valence-corrected chi connectivity index (χ1v) is 3.59. The number of alkyl halides is 1. The summed E-state index contributed by atoms with van der Waals surface area (Å²) >= 11 is 0. The van der Waals surface area contributed by atoms with Gasteiger partial charge in [-0.25, -0.2) is 4.39 Å². The molecule has 0 aromatic rings. The summed E-state index contributed by atoms with van der Waals surface area (Å²) in [5.74, 6) is 0. The van der Waals surface area contributed by atoms with E-state index in [1.54, 1.807) is 12.2 Å². The lowest BCUT2D eigenvalue weighted by atomic mass is 10.1. The van der Waals surface area contributed by atoms with Crippen LogP contribution in [0.3, 0.4) is 0 Å². The third-order valence-electron chi connectivity index (χ3n) is 1.22. The molecular weight excluding hydrogens is 141 g/mol. The van der Waals surface area contributed by atoms with Crippen molar-refractivity contribution < 1.29 is 4.39 Å². The Hall–Kier alpha value is -0.890. The van der Waals surface area contributed by atoms with E-state index >= 15 is 0 Å². The molecule has 0 heterocycles. The summed E-state index contributed by atoms with van der Waals surface area (Å²) in [6, 6.07) is 0. The molecule has 0 unspecified atom stereocenters. The number of hydrogen-bond donors (Lipinski definition) is 1. The largest absolute Gasteiger partial charge is 0.330 e. The molecule has 11 heavy (non-hydrogen) atoms. The number of nitrogens with two attached hydrogens (primary N) is 1. The minimum Gasteiger partial charge on any atom is -0.330 e. The van der Waals surface area contributed by atoms with Crippen LogP contribution in [0.5, 0.6) is 0 Å². The van der Waals surface area contributed by atoms with Crippen molar-refractivity contribution in [3.8, 4) is 0 Å². The van der Waals surface area contributed by atoms with Crippen LogP contribution in [0.4, 0.5) is 4.39 Å². The van der Waals surface area contributed by atoms with Gasteiger partial charge in [0.2, 0.25) is 0 Å². The van der Waals surface area contributed by atoms with E-state index in [9.17, 15) is 4.39 Å². The van der Waals surface area contributed by atoms with Crippen LogP contribution >= 0.6 is 0 Å². The second-order valence-electron chi connectivity index (χ2n) is 2.07. The van der Waals surface area contributed by atoms with Gasteiger partial charge in [0.25, 0.3) is 0 Å². The maximum absolute atomic E-state index is 11.8. The topological polar surface area (TPSA) is 26.0 Å². The fraction of sp³-hybridized carbons (Fsp3) is 0.333. The Morgan fingerprint density at radius 2 is 2.27 bits per heavy atom. The van der Waals surface area contributed by atoms with Gasteiger partial charge in [-0.05, 0) is 18.5 Å². The first-order valence-electron chi connectivity index (χ1n) is 3.59. The third-order valence-corrected chi connectivity index (χ3v) is 1.22.